The van der Waals surface area contributed by atoms with Crippen molar-refractivity contribution in [2.75, 3.05) is 0 Å². The smallest absolute Gasteiger partial charge is 0.328 e. The van der Waals surface area contributed by atoms with Gasteiger partial charge in [0.25, 0.3) is 0 Å². The van der Waals surface area contributed by atoms with Gasteiger partial charge in [-0.3, -0.25) is 0 Å². The number of fused-ring (bicyclic) bond motifs is 1. The molecule has 4 aromatic rings. The fraction of sp³-hybridized carbons (Fsp3) is 0.0769. The lowest BCUT2D eigenvalue weighted by Crippen LogP contribution is -1.97. The molecular formula is C26H22N2O2. The van der Waals surface area contributed by atoms with Crippen LogP contribution in [-0.2, 0) is 4.79 Å². The van der Waals surface area contributed by atoms with Crippen molar-refractivity contribution in [3.8, 4) is 0 Å². The fourth-order valence-electron chi connectivity index (χ4n) is 3.68. The molecule has 1 N–H and O–H groups in total. The van der Waals surface area contributed by atoms with Crippen molar-refractivity contribution in [1.82, 2.24) is 9.38 Å². The van der Waals surface area contributed by atoms with E-state index in [2.05, 4.69) is 48.4 Å². The summed E-state index contributed by atoms with van der Waals surface area (Å²) in [6.45, 7) is 2.17. The monoisotopic (exact) mass is 394 g/mol. The van der Waals surface area contributed by atoms with Crippen molar-refractivity contribution >= 4 is 28.8 Å². The molecule has 0 aliphatic carbocycles. The van der Waals surface area contributed by atoms with Crippen molar-refractivity contribution in [3.05, 3.63) is 114 Å². The number of hydrogen-bond donors (Lipinski definition) is 1. The number of aromatic nitrogens is 2. The van der Waals surface area contributed by atoms with Crippen LogP contribution < -0.4 is 0 Å². The highest BCUT2D eigenvalue weighted by molar-refractivity contribution is 5.98. The van der Waals surface area contributed by atoms with Crippen LogP contribution in [0.1, 0.15) is 35.6 Å². The highest BCUT2D eigenvalue weighted by Gasteiger charge is 2.14. The second-order valence-electron chi connectivity index (χ2n) is 6.98. The van der Waals surface area contributed by atoms with Crippen LogP contribution in [-0.4, -0.2) is 20.5 Å². The van der Waals surface area contributed by atoms with Crippen LogP contribution in [0.5, 0.6) is 0 Å². The predicted octanol–water partition coefficient (Wildman–Crippen LogP) is 5.80. The molecule has 2 aromatic carbocycles. The molecule has 4 heteroatoms. The number of rotatable bonds is 6. The molecule has 0 spiro atoms. The fourth-order valence-corrected chi connectivity index (χ4v) is 3.68. The standard InChI is InChI=1S/C26H22N2O2/c1-2-23(20-6-4-3-5-7-20)26(22-13-14-24-27-16-17-28(24)18-22)21-11-8-19(9-12-21)10-15-25(29)30/h3-18H,2H2,1H3,(H,29,30)/b15-10+,26-23+. The normalized spacial score (nSPS) is 12.3. The second kappa shape index (κ2) is 8.62. The van der Waals surface area contributed by atoms with Crippen LogP contribution in [0.15, 0.2) is 91.4 Å². The Hall–Kier alpha value is -3.92. The lowest BCUT2D eigenvalue weighted by molar-refractivity contribution is -0.131. The van der Waals surface area contributed by atoms with Crippen LogP contribution >= 0.6 is 0 Å². The third kappa shape index (κ3) is 4.08. The van der Waals surface area contributed by atoms with Gasteiger partial charge < -0.3 is 9.51 Å². The average molecular weight is 394 g/mol. The van der Waals surface area contributed by atoms with Gasteiger partial charge in [-0.25, -0.2) is 9.78 Å². The summed E-state index contributed by atoms with van der Waals surface area (Å²) < 4.78 is 2.03. The number of allylic oxidation sites excluding steroid dienone is 1. The van der Waals surface area contributed by atoms with E-state index >= 15 is 0 Å². The highest BCUT2D eigenvalue weighted by atomic mass is 16.4. The van der Waals surface area contributed by atoms with Gasteiger partial charge in [0, 0.05) is 24.7 Å². The molecule has 0 amide bonds. The maximum atomic E-state index is 10.8. The van der Waals surface area contributed by atoms with Crippen LogP contribution in [0, 0.1) is 0 Å². The molecule has 4 rings (SSSR count). The van der Waals surface area contributed by atoms with Crippen molar-refractivity contribution in [1.29, 1.82) is 0 Å². The molecule has 0 fully saturated rings. The summed E-state index contributed by atoms with van der Waals surface area (Å²) in [6, 6.07) is 22.5. The maximum absolute atomic E-state index is 10.8. The lowest BCUT2D eigenvalue weighted by atomic mass is 9.88. The molecule has 0 saturated carbocycles. The van der Waals surface area contributed by atoms with Crippen LogP contribution in [0.2, 0.25) is 0 Å². The summed E-state index contributed by atoms with van der Waals surface area (Å²) >= 11 is 0. The van der Waals surface area contributed by atoms with Gasteiger partial charge in [0.2, 0.25) is 0 Å². The molecule has 0 radical (unpaired) electrons. The Morgan fingerprint density at radius 2 is 1.70 bits per heavy atom. The zero-order valence-electron chi connectivity index (χ0n) is 16.7. The van der Waals surface area contributed by atoms with Crippen molar-refractivity contribution in [2.24, 2.45) is 0 Å². The van der Waals surface area contributed by atoms with E-state index in [4.69, 9.17) is 5.11 Å². The average Bonchev–Trinajstić information content (AvgIpc) is 3.25. The lowest BCUT2D eigenvalue weighted by Gasteiger charge is -2.17. The topological polar surface area (TPSA) is 54.6 Å². The molecular weight excluding hydrogens is 372 g/mol. The molecule has 0 aliphatic heterocycles. The van der Waals surface area contributed by atoms with Gasteiger partial charge in [-0.15, -0.1) is 0 Å². The molecule has 2 aromatic heterocycles. The summed E-state index contributed by atoms with van der Waals surface area (Å²) in [4.78, 5) is 15.2. The largest absolute Gasteiger partial charge is 0.478 e. The number of hydrogen-bond acceptors (Lipinski definition) is 2. The molecule has 4 nitrogen and oxygen atoms in total. The van der Waals surface area contributed by atoms with E-state index in [1.54, 1.807) is 12.3 Å². The number of carboxylic acid groups (broad SMARTS) is 1. The molecule has 0 saturated heterocycles. The first-order valence-corrected chi connectivity index (χ1v) is 9.89. The SMILES string of the molecule is CC/C(=C(/c1ccc(/C=C/C(=O)O)cc1)c1ccc2nccn2c1)c1ccccc1. The molecule has 2 heterocycles. The van der Waals surface area contributed by atoms with Crippen LogP contribution in [0.3, 0.4) is 0 Å². The van der Waals surface area contributed by atoms with E-state index < -0.39 is 5.97 Å². The quantitative estimate of drug-likeness (QED) is 0.332. The summed E-state index contributed by atoms with van der Waals surface area (Å²) in [5.41, 5.74) is 7.55. The Morgan fingerprint density at radius 3 is 2.40 bits per heavy atom. The third-order valence-electron chi connectivity index (χ3n) is 5.07. The zero-order valence-corrected chi connectivity index (χ0v) is 16.7. The first-order valence-electron chi connectivity index (χ1n) is 9.89. The molecule has 30 heavy (non-hydrogen) atoms. The van der Waals surface area contributed by atoms with Crippen molar-refractivity contribution in [3.63, 3.8) is 0 Å². The minimum atomic E-state index is -0.953. The Balaban J connectivity index is 1.89. The number of carbonyl (C=O) groups is 1. The number of benzene rings is 2. The molecule has 0 bridgehead atoms. The van der Waals surface area contributed by atoms with E-state index in [1.807, 2.05) is 47.0 Å². The molecule has 0 aliphatic rings. The molecule has 0 atom stereocenters. The van der Waals surface area contributed by atoms with E-state index in [-0.39, 0.29) is 0 Å². The van der Waals surface area contributed by atoms with Gasteiger partial charge in [0.1, 0.15) is 5.65 Å². The van der Waals surface area contributed by atoms with Crippen LogP contribution in [0.25, 0.3) is 22.9 Å². The van der Waals surface area contributed by atoms with E-state index in [0.717, 1.165) is 40.4 Å². The van der Waals surface area contributed by atoms with Gasteiger partial charge in [-0.05, 0) is 58.0 Å². The van der Waals surface area contributed by atoms with Gasteiger partial charge in [-0.1, -0.05) is 61.5 Å². The Labute approximate surface area is 175 Å². The van der Waals surface area contributed by atoms with Gasteiger partial charge in [0.05, 0.1) is 0 Å². The summed E-state index contributed by atoms with van der Waals surface area (Å²) in [6.07, 6.45) is 9.48. The number of pyridine rings is 1. The van der Waals surface area contributed by atoms with Gasteiger partial charge in [-0.2, -0.15) is 0 Å². The summed E-state index contributed by atoms with van der Waals surface area (Å²) in [5, 5.41) is 8.86. The number of imidazole rings is 1. The zero-order chi connectivity index (χ0) is 20.9. The summed E-state index contributed by atoms with van der Waals surface area (Å²) in [5.74, 6) is -0.953. The Morgan fingerprint density at radius 1 is 0.967 bits per heavy atom. The van der Waals surface area contributed by atoms with E-state index in [9.17, 15) is 4.79 Å². The second-order valence-corrected chi connectivity index (χ2v) is 6.98. The van der Waals surface area contributed by atoms with E-state index in [0.29, 0.717) is 0 Å². The van der Waals surface area contributed by atoms with E-state index in [1.165, 1.54) is 11.1 Å². The summed E-state index contributed by atoms with van der Waals surface area (Å²) in [7, 11) is 0. The number of aliphatic carboxylic acids is 1. The molecule has 0 unspecified atom stereocenters. The van der Waals surface area contributed by atoms with Crippen LogP contribution in [0.4, 0.5) is 0 Å². The van der Waals surface area contributed by atoms with Crippen molar-refractivity contribution < 1.29 is 9.90 Å². The van der Waals surface area contributed by atoms with Gasteiger partial charge in [0.15, 0.2) is 0 Å². The number of carboxylic acids is 1. The first-order chi connectivity index (χ1) is 14.7. The molecule has 148 valence electrons. The van der Waals surface area contributed by atoms with Crippen molar-refractivity contribution in [2.45, 2.75) is 13.3 Å². The number of nitrogens with zero attached hydrogens (tertiary/aromatic N) is 2. The minimum Gasteiger partial charge on any atom is -0.478 e. The highest BCUT2D eigenvalue weighted by Crippen LogP contribution is 2.34. The first kappa shape index (κ1) is 19.4. The maximum Gasteiger partial charge on any atom is 0.328 e. The Bertz CT molecular complexity index is 1230. The third-order valence-corrected chi connectivity index (χ3v) is 5.07. The predicted molar refractivity (Wildman–Crippen MR) is 121 cm³/mol. The minimum absolute atomic E-state index is 0.850. The van der Waals surface area contributed by atoms with Gasteiger partial charge >= 0.3 is 5.97 Å². The Kier molecular flexibility index (Phi) is 5.57.